The van der Waals surface area contributed by atoms with Gasteiger partial charge in [0.05, 0.1) is 5.59 Å². The van der Waals surface area contributed by atoms with Crippen molar-refractivity contribution in [3.8, 4) is 0 Å². The van der Waals surface area contributed by atoms with Crippen LogP contribution in [0.25, 0.3) is 0 Å². The predicted octanol–water partition coefficient (Wildman–Crippen LogP) is -3.42. The SMILES string of the molecule is CCC(Cc1cc(B(O)O)c(=O)[nH]c1B(O)O)C(C)C(C)CCc1ccc(B(O)O)[nH]c1=O. The zero-order chi connectivity index (χ0) is 24.9. The Bertz CT molecular complexity index is 1040. The highest BCUT2D eigenvalue weighted by Gasteiger charge is 2.28. The monoisotopic (exact) mass is 460 g/mol. The van der Waals surface area contributed by atoms with Gasteiger partial charge in [-0.25, -0.2) is 0 Å². The van der Waals surface area contributed by atoms with Crippen molar-refractivity contribution < 1.29 is 30.1 Å². The van der Waals surface area contributed by atoms with Crippen LogP contribution in [0.1, 0.15) is 44.7 Å². The summed E-state index contributed by atoms with van der Waals surface area (Å²) in [5, 5.41) is 56.6. The van der Waals surface area contributed by atoms with Gasteiger partial charge in [-0.1, -0.05) is 39.3 Å². The topological polar surface area (TPSA) is 187 Å². The van der Waals surface area contributed by atoms with E-state index in [9.17, 15) is 29.7 Å². The summed E-state index contributed by atoms with van der Waals surface area (Å²) in [7, 11) is -5.63. The Morgan fingerprint density at radius 2 is 1.55 bits per heavy atom. The van der Waals surface area contributed by atoms with Crippen molar-refractivity contribution in [2.75, 3.05) is 0 Å². The number of aryl methyl sites for hydroxylation is 1. The van der Waals surface area contributed by atoms with Gasteiger partial charge in [-0.05, 0) is 48.6 Å². The number of H-pyrrole nitrogens is 2. The van der Waals surface area contributed by atoms with E-state index in [1.807, 2.05) is 6.92 Å². The summed E-state index contributed by atoms with van der Waals surface area (Å²) in [6.45, 7) is 6.13. The first-order valence-corrected chi connectivity index (χ1v) is 11.0. The van der Waals surface area contributed by atoms with Gasteiger partial charge in [0, 0.05) is 16.6 Å². The molecule has 2 aromatic rings. The summed E-state index contributed by atoms with van der Waals surface area (Å²) >= 11 is 0. The summed E-state index contributed by atoms with van der Waals surface area (Å²) in [6, 6.07) is 4.35. The molecule has 0 aliphatic heterocycles. The minimum absolute atomic E-state index is 0.0337. The van der Waals surface area contributed by atoms with Gasteiger partial charge in [0.1, 0.15) is 0 Å². The van der Waals surface area contributed by atoms with Crippen molar-refractivity contribution in [3.05, 3.63) is 50.0 Å². The van der Waals surface area contributed by atoms with Crippen LogP contribution in [0.5, 0.6) is 0 Å². The molecule has 0 aliphatic rings. The van der Waals surface area contributed by atoms with Crippen molar-refractivity contribution in [3.63, 3.8) is 0 Å². The molecule has 0 aliphatic carbocycles. The molecule has 33 heavy (non-hydrogen) atoms. The molecule has 0 aromatic carbocycles. The van der Waals surface area contributed by atoms with Crippen LogP contribution >= 0.6 is 0 Å². The molecule has 2 heterocycles. The Labute approximate surface area is 192 Å². The maximum atomic E-state index is 12.2. The average Bonchev–Trinajstić information content (AvgIpc) is 2.75. The molecule has 3 atom stereocenters. The molecular weight excluding hydrogens is 429 g/mol. The largest absolute Gasteiger partial charge is 0.506 e. The second-order valence-corrected chi connectivity index (χ2v) is 8.63. The lowest BCUT2D eigenvalue weighted by molar-refractivity contribution is 0.242. The van der Waals surface area contributed by atoms with Crippen molar-refractivity contribution in [2.24, 2.45) is 17.8 Å². The van der Waals surface area contributed by atoms with Crippen LogP contribution in [0, 0.1) is 17.8 Å². The highest BCUT2D eigenvalue weighted by molar-refractivity contribution is 6.60. The van der Waals surface area contributed by atoms with Crippen LogP contribution in [0.2, 0.25) is 0 Å². The molecule has 0 bridgehead atoms. The van der Waals surface area contributed by atoms with Gasteiger partial charge in [-0.3, -0.25) is 9.59 Å². The van der Waals surface area contributed by atoms with E-state index < -0.39 is 26.9 Å². The molecule has 13 heteroatoms. The Morgan fingerprint density at radius 1 is 0.879 bits per heavy atom. The van der Waals surface area contributed by atoms with E-state index in [1.165, 1.54) is 12.1 Å². The number of aromatic amines is 2. The Kier molecular flexibility index (Phi) is 9.71. The molecule has 0 spiro atoms. The molecule has 0 amide bonds. The number of hydrogen-bond donors (Lipinski definition) is 8. The first-order valence-electron chi connectivity index (χ1n) is 11.0. The fourth-order valence-corrected chi connectivity index (χ4v) is 4.16. The number of pyridine rings is 2. The number of hydrogen-bond acceptors (Lipinski definition) is 8. The fraction of sp³-hybridized carbons (Fsp3) is 0.500. The first kappa shape index (κ1) is 27.1. The quantitative estimate of drug-likeness (QED) is 0.159. The third-order valence-corrected chi connectivity index (χ3v) is 6.53. The van der Waals surface area contributed by atoms with Crippen LogP contribution in [-0.2, 0) is 12.8 Å². The number of rotatable bonds is 11. The number of nitrogens with one attached hydrogen (secondary N) is 2. The summed E-state index contributed by atoms with van der Waals surface area (Å²) in [6.07, 6.45) is 2.34. The van der Waals surface area contributed by atoms with E-state index in [0.717, 1.165) is 6.42 Å². The lowest BCUT2D eigenvalue weighted by atomic mass is 9.71. The van der Waals surface area contributed by atoms with E-state index in [-0.39, 0.29) is 40.0 Å². The summed E-state index contributed by atoms with van der Waals surface area (Å²) < 4.78 is 0. The highest BCUT2D eigenvalue weighted by Crippen LogP contribution is 2.29. The van der Waals surface area contributed by atoms with E-state index in [0.29, 0.717) is 30.4 Å². The van der Waals surface area contributed by atoms with E-state index in [4.69, 9.17) is 10.0 Å². The van der Waals surface area contributed by atoms with Crippen LogP contribution < -0.4 is 27.8 Å². The average molecular weight is 460 g/mol. The minimum Gasteiger partial charge on any atom is -0.423 e. The highest BCUT2D eigenvalue weighted by atomic mass is 16.4. The van der Waals surface area contributed by atoms with Gasteiger partial charge in [0.2, 0.25) is 5.56 Å². The normalized spacial score (nSPS) is 14.0. The minimum atomic E-state index is -1.98. The summed E-state index contributed by atoms with van der Waals surface area (Å²) in [4.78, 5) is 29.0. The number of aromatic nitrogens is 2. The van der Waals surface area contributed by atoms with Crippen molar-refractivity contribution in [1.29, 1.82) is 0 Å². The maximum Gasteiger partial charge on any atom is 0.506 e. The van der Waals surface area contributed by atoms with Crippen LogP contribution in [0.4, 0.5) is 0 Å². The van der Waals surface area contributed by atoms with Crippen LogP contribution in [0.15, 0.2) is 27.8 Å². The molecule has 0 saturated heterocycles. The molecule has 8 N–H and O–H groups in total. The lowest BCUT2D eigenvalue weighted by Gasteiger charge is -2.29. The standard InChI is InChI=1S/C20H31B3N2O8/c1-4-13(9-15-10-16(21(28)29)20(27)25-18(15)23(32)33)12(3)11(2)5-6-14-7-8-17(22(30)31)24-19(14)26/h7-8,10-13,28-33H,4-6,9H2,1-3H3,(H,24,26)(H,25,27). The Balaban J connectivity index is 2.16. The first-order chi connectivity index (χ1) is 15.5. The third kappa shape index (κ3) is 6.92. The molecule has 0 saturated carbocycles. The van der Waals surface area contributed by atoms with Crippen molar-refractivity contribution >= 4 is 38.0 Å². The molecule has 2 aromatic heterocycles. The smallest absolute Gasteiger partial charge is 0.423 e. The van der Waals surface area contributed by atoms with Gasteiger partial charge in [0.15, 0.2) is 0 Å². The van der Waals surface area contributed by atoms with Gasteiger partial charge in [-0.2, -0.15) is 0 Å². The molecule has 2 rings (SSSR count). The van der Waals surface area contributed by atoms with Crippen LogP contribution in [-0.4, -0.2) is 61.5 Å². The fourth-order valence-electron chi connectivity index (χ4n) is 4.16. The van der Waals surface area contributed by atoms with E-state index in [2.05, 4.69) is 23.8 Å². The molecule has 3 unspecified atom stereocenters. The second-order valence-electron chi connectivity index (χ2n) is 8.63. The molecular formula is C20H31B3N2O8. The molecule has 0 fully saturated rings. The maximum absolute atomic E-state index is 12.2. The predicted molar refractivity (Wildman–Crippen MR) is 128 cm³/mol. The molecule has 178 valence electrons. The summed E-state index contributed by atoms with van der Waals surface area (Å²) in [5.41, 5.74) is -0.492. The Morgan fingerprint density at radius 3 is 2.06 bits per heavy atom. The van der Waals surface area contributed by atoms with Crippen molar-refractivity contribution in [1.82, 2.24) is 9.97 Å². The van der Waals surface area contributed by atoms with E-state index in [1.54, 1.807) is 6.07 Å². The third-order valence-electron chi connectivity index (χ3n) is 6.53. The van der Waals surface area contributed by atoms with Crippen molar-refractivity contribution in [2.45, 2.75) is 46.5 Å². The molecule has 0 radical (unpaired) electrons. The molecule has 10 nitrogen and oxygen atoms in total. The van der Waals surface area contributed by atoms with Crippen LogP contribution in [0.3, 0.4) is 0 Å². The second kappa shape index (κ2) is 11.8. The van der Waals surface area contributed by atoms with E-state index >= 15 is 0 Å². The van der Waals surface area contributed by atoms with Gasteiger partial charge in [0.25, 0.3) is 5.56 Å². The zero-order valence-corrected chi connectivity index (χ0v) is 19.0. The van der Waals surface area contributed by atoms with Gasteiger partial charge in [-0.15, -0.1) is 0 Å². The Hall–Kier alpha value is -2.15. The lowest BCUT2D eigenvalue weighted by Crippen LogP contribution is -2.50. The zero-order valence-electron chi connectivity index (χ0n) is 19.0. The van der Waals surface area contributed by atoms with Gasteiger partial charge < -0.3 is 40.1 Å². The van der Waals surface area contributed by atoms with Gasteiger partial charge >= 0.3 is 21.4 Å². The summed E-state index contributed by atoms with van der Waals surface area (Å²) in [5.74, 6) is 0.425.